The molecule has 1 N–H and O–H groups in total. The summed E-state index contributed by atoms with van der Waals surface area (Å²) in [7, 11) is 0. The molecule has 3 nitrogen and oxygen atoms in total. The van der Waals surface area contributed by atoms with Gasteiger partial charge in [0.05, 0.1) is 11.1 Å². The Hall–Kier alpha value is -2.58. The summed E-state index contributed by atoms with van der Waals surface area (Å²) in [5, 5.41) is 2.01. The number of pyridine rings is 1. The molecule has 0 spiro atoms. The summed E-state index contributed by atoms with van der Waals surface area (Å²) < 4.78 is 76.5. The normalized spacial score (nSPS) is 12.1. The van der Waals surface area contributed by atoms with Gasteiger partial charge in [0.1, 0.15) is 5.69 Å². The van der Waals surface area contributed by atoms with Crippen LogP contribution in [-0.2, 0) is 12.4 Å². The predicted octanol–water partition coefficient (Wildman–Crippen LogP) is 4.68. The summed E-state index contributed by atoms with van der Waals surface area (Å²) in [5.41, 5.74) is -3.29. The highest BCUT2D eigenvalue weighted by Gasteiger charge is 2.37. The first kappa shape index (κ1) is 17.8. The second-order valence-electron chi connectivity index (χ2n) is 4.91. The van der Waals surface area contributed by atoms with Crippen LogP contribution >= 0.6 is 0 Å². The van der Waals surface area contributed by atoms with Gasteiger partial charge in [-0.15, -0.1) is 0 Å². The quantitative estimate of drug-likeness (QED) is 0.801. The van der Waals surface area contributed by atoms with Crippen LogP contribution in [0.4, 0.5) is 32.0 Å². The van der Waals surface area contributed by atoms with Gasteiger partial charge in [0.25, 0.3) is 5.91 Å². The van der Waals surface area contributed by atoms with E-state index in [9.17, 15) is 31.1 Å². The number of benzene rings is 1. The molecule has 0 aliphatic carbocycles. The van der Waals surface area contributed by atoms with E-state index in [-0.39, 0.29) is 11.8 Å². The van der Waals surface area contributed by atoms with Crippen molar-refractivity contribution in [2.45, 2.75) is 19.3 Å². The average Bonchev–Trinajstić information content (AvgIpc) is 2.45. The molecule has 0 bridgehead atoms. The Morgan fingerprint density at radius 1 is 0.958 bits per heavy atom. The average molecular weight is 348 g/mol. The summed E-state index contributed by atoms with van der Waals surface area (Å²) >= 11 is 0. The summed E-state index contributed by atoms with van der Waals surface area (Å²) in [6, 6.07) is 5.22. The van der Waals surface area contributed by atoms with Crippen LogP contribution in [-0.4, -0.2) is 10.9 Å². The topological polar surface area (TPSA) is 42.0 Å². The predicted molar refractivity (Wildman–Crippen MR) is 73.4 cm³/mol. The highest BCUT2D eigenvalue weighted by atomic mass is 19.4. The Balaban J connectivity index is 2.40. The number of hydrogen-bond acceptors (Lipinski definition) is 2. The molecule has 0 saturated heterocycles. The zero-order valence-electron chi connectivity index (χ0n) is 12.1. The highest BCUT2D eigenvalue weighted by molar-refractivity contribution is 6.03. The lowest BCUT2D eigenvalue weighted by Crippen LogP contribution is -2.17. The van der Waals surface area contributed by atoms with Crippen molar-refractivity contribution in [2.24, 2.45) is 0 Å². The van der Waals surface area contributed by atoms with Crippen LogP contribution in [0, 0.1) is 6.92 Å². The summed E-state index contributed by atoms with van der Waals surface area (Å²) in [6.07, 6.45) is -9.97. The van der Waals surface area contributed by atoms with Crippen molar-refractivity contribution in [3.05, 3.63) is 58.9 Å². The molecule has 1 aromatic heterocycles. The zero-order valence-corrected chi connectivity index (χ0v) is 12.1. The Morgan fingerprint density at radius 2 is 1.50 bits per heavy atom. The number of carbonyl (C=O) groups excluding carboxylic acids is 1. The van der Waals surface area contributed by atoms with E-state index in [4.69, 9.17) is 0 Å². The molecule has 128 valence electrons. The lowest BCUT2D eigenvalue weighted by atomic mass is 10.1. The van der Waals surface area contributed by atoms with Crippen molar-refractivity contribution in [1.29, 1.82) is 0 Å². The molecular weight excluding hydrogens is 338 g/mol. The van der Waals surface area contributed by atoms with E-state index in [1.54, 1.807) is 13.0 Å². The second-order valence-corrected chi connectivity index (χ2v) is 4.91. The van der Waals surface area contributed by atoms with Crippen molar-refractivity contribution >= 4 is 11.6 Å². The third-order valence-electron chi connectivity index (χ3n) is 2.97. The van der Waals surface area contributed by atoms with E-state index in [1.165, 1.54) is 12.1 Å². The Kier molecular flexibility index (Phi) is 4.54. The number of carbonyl (C=O) groups is 1. The van der Waals surface area contributed by atoms with Crippen LogP contribution < -0.4 is 5.32 Å². The van der Waals surface area contributed by atoms with E-state index >= 15 is 0 Å². The van der Waals surface area contributed by atoms with Gasteiger partial charge in [-0.3, -0.25) is 4.79 Å². The number of rotatable bonds is 2. The van der Waals surface area contributed by atoms with E-state index in [2.05, 4.69) is 4.98 Å². The Bertz CT molecular complexity index is 735. The van der Waals surface area contributed by atoms with Crippen molar-refractivity contribution in [1.82, 2.24) is 4.98 Å². The van der Waals surface area contributed by atoms with Crippen molar-refractivity contribution in [2.75, 3.05) is 5.32 Å². The van der Waals surface area contributed by atoms with Gasteiger partial charge in [0.2, 0.25) is 0 Å². The van der Waals surface area contributed by atoms with E-state index < -0.39 is 35.1 Å². The van der Waals surface area contributed by atoms with E-state index in [1.807, 2.05) is 5.32 Å². The SMILES string of the molecule is Cc1cccc(C(=O)Nc2cc(C(F)(F)F)cc(C(F)(F)F)c2)n1. The number of hydrogen-bond donors (Lipinski definition) is 1. The zero-order chi connectivity index (χ0) is 18.1. The maximum absolute atomic E-state index is 12.8. The largest absolute Gasteiger partial charge is 0.416 e. The van der Waals surface area contributed by atoms with Gasteiger partial charge >= 0.3 is 12.4 Å². The lowest BCUT2D eigenvalue weighted by molar-refractivity contribution is -0.143. The first-order valence-electron chi connectivity index (χ1n) is 6.51. The molecule has 1 aromatic carbocycles. The minimum Gasteiger partial charge on any atom is -0.321 e. The molecule has 0 atom stereocenters. The molecule has 0 aliphatic heterocycles. The number of aryl methyl sites for hydroxylation is 1. The van der Waals surface area contributed by atoms with Gasteiger partial charge in [-0.2, -0.15) is 26.3 Å². The van der Waals surface area contributed by atoms with Crippen LogP contribution in [0.3, 0.4) is 0 Å². The van der Waals surface area contributed by atoms with Gasteiger partial charge in [0.15, 0.2) is 0 Å². The Labute approximate surface area is 132 Å². The van der Waals surface area contributed by atoms with Gasteiger partial charge in [-0.1, -0.05) is 6.07 Å². The van der Waals surface area contributed by atoms with Crippen molar-refractivity contribution in [3.63, 3.8) is 0 Å². The molecule has 0 radical (unpaired) electrons. The standard InChI is InChI=1S/C15H10F6N2O/c1-8-3-2-4-12(22-8)13(24)23-11-6-9(14(16,17)18)5-10(7-11)15(19,20)21/h2-7H,1H3,(H,23,24). The number of nitrogens with one attached hydrogen (secondary N) is 1. The molecule has 0 aliphatic rings. The van der Waals surface area contributed by atoms with Crippen LogP contribution in [0.2, 0.25) is 0 Å². The number of amides is 1. The third kappa shape index (κ3) is 4.24. The highest BCUT2D eigenvalue weighted by Crippen LogP contribution is 2.37. The fourth-order valence-corrected chi connectivity index (χ4v) is 1.89. The third-order valence-corrected chi connectivity index (χ3v) is 2.97. The maximum atomic E-state index is 12.8. The smallest absolute Gasteiger partial charge is 0.321 e. The van der Waals surface area contributed by atoms with Crippen molar-refractivity contribution in [3.8, 4) is 0 Å². The number of aromatic nitrogens is 1. The fraction of sp³-hybridized carbons (Fsp3) is 0.200. The Morgan fingerprint density at radius 3 is 1.96 bits per heavy atom. The van der Waals surface area contributed by atoms with Gasteiger partial charge < -0.3 is 5.32 Å². The van der Waals surface area contributed by atoms with Crippen LogP contribution in [0.25, 0.3) is 0 Å². The molecule has 0 saturated carbocycles. The molecule has 2 rings (SSSR count). The maximum Gasteiger partial charge on any atom is 0.416 e. The molecule has 9 heteroatoms. The molecule has 1 amide bonds. The van der Waals surface area contributed by atoms with Gasteiger partial charge in [0, 0.05) is 11.4 Å². The summed E-state index contributed by atoms with van der Waals surface area (Å²) in [6.45, 7) is 1.59. The van der Waals surface area contributed by atoms with Crippen molar-refractivity contribution < 1.29 is 31.1 Å². The molecule has 24 heavy (non-hydrogen) atoms. The monoisotopic (exact) mass is 348 g/mol. The van der Waals surface area contributed by atoms with Gasteiger partial charge in [-0.25, -0.2) is 4.98 Å². The first-order chi connectivity index (χ1) is 11.0. The number of alkyl halides is 6. The lowest BCUT2D eigenvalue weighted by Gasteiger charge is -2.14. The second kappa shape index (κ2) is 6.14. The summed E-state index contributed by atoms with van der Waals surface area (Å²) in [5.74, 6) is -0.911. The molecule has 0 unspecified atom stereocenters. The van der Waals surface area contributed by atoms with Crippen LogP contribution in [0.15, 0.2) is 36.4 Å². The van der Waals surface area contributed by atoms with Crippen LogP contribution in [0.5, 0.6) is 0 Å². The molecule has 2 aromatic rings. The molecular formula is C15H10F6N2O. The number of nitrogens with zero attached hydrogens (tertiary/aromatic N) is 1. The summed E-state index contributed by atoms with van der Waals surface area (Å²) in [4.78, 5) is 15.8. The van der Waals surface area contributed by atoms with E-state index in [0.717, 1.165) is 0 Å². The first-order valence-corrected chi connectivity index (χ1v) is 6.51. The minimum absolute atomic E-state index is 0.0133. The molecule has 0 fully saturated rings. The number of anilines is 1. The molecule has 1 heterocycles. The fourth-order valence-electron chi connectivity index (χ4n) is 1.89. The van der Waals surface area contributed by atoms with Gasteiger partial charge in [-0.05, 0) is 37.3 Å². The number of halogens is 6. The van der Waals surface area contributed by atoms with E-state index in [0.29, 0.717) is 17.8 Å². The minimum atomic E-state index is -4.98. The van der Waals surface area contributed by atoms with Crippen LogP contribution in [0.1, 0.15) is 27.3 Å².